The maximum absolute atomic E-state index is 11.1. The number of carboxylic acid groups (broad SMARTS) is 1. The van der Waals surface area contributed by atoms with Gasteiger partial charge in [-0.15, -0.1) is 0 Å². The molecule has 19 heavy (non-hydrogen) atoms. The smallest absolute Gasteiger partial charge is 0.306 e. The van der Waals surface area contributed by atoms with Crippen molar-refractivity contribution in [2.24, 2.45) is 11.8 Å². The van der Waals surface area contributed by atoms with Crippen molar-refractivity contribution >= 4 is 5.97 Å². The molecule has 2 atom stereocenters. The average Bonchev–Trinajstić information content (AvgIpc) is 2.99. The van der Waals surface area contributed by atoms with Gasteiger partial charge in [0.2, 0.25) is 0 Å². The first-order valence-electron chi connectivity index (χ1n) is 6.77. The lowest BCUT2D eigenvalue weighted by molar-refractivity contribution is -0.140. The van der Waals surface area contributed by atoms with Crippen LogP contribution >= 0.6 is 0 Å². The van der Waals surface area contributed by atoms with Gasteiger partial charge in [-0.05, 0) is 29.5 Å². The number of hydrogen-bond acceptors (Lipinski definition) is 3. The highest BCUT2D eigenvalue weighted by atomic mass is 16.5. The fraction of sp³-hybridized carbons (Fsp3) is 0.533. The molecule has 1 saturated carbocycles. The molecule has 4 rings (SSSR count). The van der Waals surface area contributed by atoms with E-state index in [0.717, 1.165) is 25.2 Å². The summed E-state index contributed by atoms with van der Waals surface area (Å²) >= 11 is 0. The van der Waals surface area contributed by atoms with Crippen molar-refractivity contribution in [3.05, 3.63) is 29.3 Å². The number of rotatable bonds is 3. The van der Waals surface area contributed by atoms with E-state index < -0.39 is 5.97 Å². The second-order valence-electron chi connectivity index (χ2n) is 5.86. The zero-order valence-electron chi connectivity index (χ0n) is 10.6. The quantitative estimate of drug-likeness (QED) is 0.897. The lowest BCUT2D eigenvalue weighted by atomic mass is 9.73. The minimum absolute atomic E-state index is 0.0688. The number of aliphatic carboxylic acids is 1. The van der Waals surface area contributed by atoms with Crippen molar-refractivity contribution in [2.75, 3.05) is 19.8 Å². The van der Waals surface area contributed by atoms with E-state index in [1.807, 2.05) is 6.07 Å². The molecule has 2 heterocycles. The Hall–Kier alpha value is -1.55. The van der Waals surface area contributed by atoms with Crippen molar-refractivity contribution in [3.63, 3.8) is 0 Å². The van der Waals surface area contributed by atoms with Crippen molar-refractivity contribution in [3.8, 4) is 5.75 Å². The molecular weight excluding hydrogens is 244 g/mol. The van der Waals surface area contributed by atoms with Crippen molar-refractivity contribution in [2.45, 2.75) is 18.3 Å². The van der Waals surface area contributed by atoms with E-state index in [0.29, 0.717) is 13.2 Å². The maximum atomic E-state index is 11.1. The molecule has 1 aliphatic carbocycles. The third kappa shape index (κ3) is 1.53. The van der Waals surface area contributed by atoms with Gasteiger partial charge in [0, 0.05) is 11.8 Å². The lowest BCUT2D eigenvalue weighted by Crippen LogP contribution is -2.49. The Balaban J connectivity index is 1.68. The van der Waals surface area contributed by atoms with Gasteiger partial charge in [-0.25, -0.2) is 0 Å². The van der Waals surface area contributed by atoms with Gasteiger partial charge in [0.1, 0.15) is 5.75 Å². The largest absolute Gasteiger partial charge is 0.493 e. The summed E-state index contributed by atoms with van der Waals surface area (Å²) in [5.41, 5.74) is 2.41. The minimum atomic E-state index is -0.666. The molecule has 4 heteroatoms. The molecule has 1 saturated heterocycles. The zero-order valence-corrected chi connectivity index (χ0v) is 10.6. The van der Waals surface area contributed by atoms with Crippen LogP contribution in [0.25, 0.3) is 0 Å². The summed E-state index contributed by atoms with van der Waals surface area (Å²) in [5, 5.41) is 9.15. The Labute approximate surface area is 111 Å². The predicted octanol–water partition coefficient (Wildman–Crippen LogP) is 1.61. The highest BCUT2D eigenvalue weighted by molar-refractivity contribution is 5.74. The second-order valence-corrected chi connectivity index (χ2v) is 5.86. The summed E-state index contributed by atoms with van der Waals surface area (Å²) in [6.07, 6.45) is 1.74. The fourth-order valence-electron chi connectivity index (χ4n) is 3.49. The molecule has 2 unspecified atom stereocenters. The molecule has 2 aliphatic heterocycles. The molecule has 3 aliphatic rings. The van der Waals surface area contributed by atoms with Gasteiger partial charge < -0.3 is 14.6 Å². The number of ether oxygens (including phenoxy) is 2. The molecule has 1 N–H and O–H groups in total. The van der Waals surface area contributed by atoms with Gasteiger partial charge in [-0.3, -0.25) is 4.79 Å². The van der Waals surface area contributed by atoms with Crippen LogP contribution in [0.1, 0.15) is 17.5 Å². The normalized spacial score (nSPS) is 30.1. The number of fused-ring (bicyclic) bond motifs is 1. The van der Waals surface area contributed by atoms with E-state index in [9.17, 15) is 4.79 Å². The fourth-order valence-corrected chi connectivity index (χ4v) is 3.49. The van der Waals surface area contributed by atoms with Gasteiger partial charge in [-0.2, -0.15) is 0 Å². The van der Waals surface area contributed by atoms with E-state index in [-0.39, 0.29) is 17.3 Å². The van der Waals surface area contributed by atoms with Crippen LogP contribution in [0.5, 0.6) is 5.75 Å². The zero-order chi connectivity index (χ0) is 13.0. The first-order valence-corrected chi connectivity index (χ1v) is 6.77. The van der Waals surface area contributed by atoms with Crippen molar-refractivity contribution in [1.82, 2.24) is 0 Å². The van der Waals surface area contributed by atoms with E-state index in [2.05, 4.69) is 12.1 Å². The molecule has 0 amide bonds. The topological polar surface area (TPSA) is 55.8 Å². The van der Waals surface area contributed by atoms with Gasteiger partial charge in [-0.1, -0.05) is 12.1 Å². The average molecular weight is 260 g/mol. The van der Waals surface area contributed by atoms with Gasteiger partial charge in [0.15, 0.2) is 0 Å². The van der Waals surface area contributed by atoms with Crippen LogP contribution in [0, 0.1) is 11.8 Å². The predicted molar refractivity (Wildman–Crippen MR) is 67.4 cm³/mol. The Morgan fingerprint density at radius 1 is 1.37 bits per heavy atom. The summed E-state index contributed by atoms with van der Waals surface area (Å²) in [7, 11) is 0. The molecule has 1 aromatic carbocycles. The lowest BCUT2D eigenvalue weighted by Gasteiger charge is -2.43. The Kier molecular flexibility index (Phi) is 2.22. The minimum Gasteiger partial charge on any atom is -0.493 e. The summed E-state index contributed by atoms with van der Waals surface area (Å²) in [6.45, 7) is 2.06. The molecule has 100 valence electrons. The number of carbonyl (C=O) groups is 1. The van der Waals surface area contributed by atoms with Crippen LogP contribution in [-0.2, 0) is 21.4 Å². The summed E-state index contributed by atoms with van der Waals surface area (Å²) < 4.78 is 10.9. The molecule has 0 bridgehead atoms. The van der Waals surface area contributed by atoms with Crippen LogP contribution in [0.2, 0.25) is 0 Å². The molecular formula is C15H16O4. The number of carboxylic acids is 1. The van der Waals surface area contributed by atoms with E-state index >= 15 is 0 Å². The van der Waals surface area contributed by atoms with Crippen LogP contribution in [-0.4, -0.2) is 30.9 Å². The SMILES string of the molecule is O=C(O)C1CC1C1(c2ccc3c(c2)CCO3)COC1. The molecule has 4 nitrogen and oxygen atoms in total. The number of benzene rings is 1. The molecule has 2 fully saturated rings. The Morgan fingerprint density at radius 3 is 2.84 bits per heavy atom. The van der Waals surface area contributed by atoms with Gasteiger partial charge >= 0.3 is 5.97 Å². The number of hydrogen-bond donors (Lipinski definition) is 1. The molecule has 0 aromatic heterocycles. The molecule has 0 radical (unpaired) electrons. The standard InChI is InChI=1S/C15H16O4/c16-14(17)11-6-12(11)15(7-18-8-15)10-1-2-13-9(5-10)3-4-19-13/h1-2,5,11-12H,3-4,6-8H2,(H,16,17). The van der Waals surface area contributed by atoms with Crippen molar-refractivity contribution < 1.29 is 19.4 Å². The van der Waals surface area contributed by atoms with Crippen molar-refractivity contribution in [1.29, 1.82) is 0 Å². The molecule has 0 spiro atoms. The van der Waals surface area contributed by atoms with Gasteiger partial charge in [0.05, 0.1) is 25.7 Å². The van der Waals surface area contributed by atoms with E-state index in [1.54, 1.807) is 0 Å². The Bertz CT molecular complexity index is 547. The highest BCUT2D eigenvalue weighted by Crippen LogP contribution is 2.56. The van der Waals surface area contributed by atoms with Crippen LogP contribution in [0.15, 0.2) is 18.2 Å². The molecule has 1 aromatic rings. The van der Waals surface area contributed by atoms with E-state index in [4.69, 9.17) is 14.6 Å². The van der Waals surface area contributed by atoms with Crippen LogP contribution in [0.3, 0.4) is 0 Å². The van der Waals surface area contributed by atoms with Crippen LogP contribution < -0.4 is 4.74 Å². The summed E-state index contributed by atoms with van der Waals surface area (Å²) in [4.78, 5) is 11.1. The Morgan fingerprint density at radius 2 is 2.21 bits per heavy atom. The van der Waals surface area contributed by atoms with E-state index in [1.165, 1.54) is 11.1 Å². The highest BCUT2D eigenvalue weighted by Gasteiger charge is 2.60. The third-order valence-corrected chi connectivity index (χ3v) is 4.80. The summed E-state index contributed by atoms with van der Waals surface area (Å²) in [5.74, 6) is 0.359. The second kappa shape index (κ2) is 3.73. The summed E-state index contributed by atoms with van der Waals surface area (Å²) in [6, 6.07) is 6.31. The first kappa shape index (κ1) is 11.3. The first-order chi connectivity index (χ1) is 9.21. The third-order valence-electron chi connectivity index (χ3n) is 4.80. The monoisotopic (exact) mass is 260 g/mol. The maximum Gasteiger partial charge on any atom is 0.306 e. The van der Waals surface area contributed by atoms with Crippen LogP contribution in [0.4, 0.5) is 0 Å². The van der Waals surface area contributed by atoms with Gasteiger partial charge in [0.25, 0.3) is 0 Å².